The molecule has 0 aliphatic heterocycles. The average molecular weight is 551 g/mol. The van der Waals surface area contributed by atoms with Crippen LogP contribution in [0.4, 0.5) is 5.69 Å². The number of hydrogen-bond acceptors (Lipinski definition) is 5. The lowest BCUT2D eigenvalue weighted by Gasteiger charge is -2.14. The summed E-state index contributed by atoms with van der Waals surface area (Å²) < 4.78 is 12.4. The van der Waals surface area contributed by atoms with Crippen molar-refractivity contribution in [2.24, 2.45) is 5.10 Å². The zero-order valence-electron chi connectivity index (χ0n) is 17.8. The molecule has 33 heavy (non-hydrogen) atoms. The Morgan fingerprint density at radius 3 is 2.36 bits per heavy atom. The van der Waals surface area contributed by atoms with E-state index in [1.807, 2.05) is 37.3 Å². The number of halogens is 3. The van der Waals surface area contributed by atoms with Gasteiger partial charge in [-0.2, -0.15) is 5.10 Å². The van der Waals surface area contributed by atoms with Gasteiger partial charge in [0.1, 0.15) is 6.61 Å². The molecule has 0 aliphatic carbocycles. The molecule has 0 aromatic heterocycles. The predicted octanol–water partition coefficient (Wildman–Crippen LogP) is 6.30. The van der Waals surface area contributed by atoms with Gasteiger partial charge in [-0.3, -0.25) is 4.79 Å². The highest BCUT2D eigenvalue weighted by atomic mass is 79.9. The molecule has 0 fully saturated rings. The Hall–Kier alpha value is -2.74. The van der Waals surface area contributed by atoms with Crippen molar-refractivity contribution in [3.8, 4) is 11.5 Å². The summed E-state index contributed by atoms with van der Waals surface area (Å²) in [6.45, 7) is 2.80. The van der Waals surface area contributed by atoms with Gasteiger partial charge in [-0.15, -0.1) is 0 Å². The van der Waals surface area contributed by atoms with Crippen molar-refractivity contribution in [1.29, 1.82) is 0 Å². The predicted molar refractivity (Wildman–Crippen MR) is 137 cm³/mol. The Morgan fingerprint density at radius 2 is 1.70 bits per heavy atom. The van der Waals surface area contributed by atoms with Gasteiger partial charge in [0.25, 0.3) is 5.91 Å². The van der Waals surface area contributed by atoms with Crippen LogP contribution in [0.1, 0.15) is 18.1 Å². The lowest BCUT2D eigenvalue weighted by atomic mass is 10.2. The summed E-state index contributed by atoms with van der Waals surface area (Å²) in [5.41, 5.74) is 5.00. The molecule has 172 valence electrons. The fraction of sp³-hybridized carbons (Fsp3) is 0.167. The Kier molecular flexibility index (Phi) is 9.42. The lowest BCUT2D eigenvalue weighted by Crippen LogP contribution is -2.25. The molecule has 3 rings (SSSR count). The van der Waals surface area contributed by atoms with Gasteiger partial charge in [-0.05, 0) is 82.5 Å². The standard InChI is InChI=1S/C24H22BrCl2N3O3/c1-2-32-22-12-17(11-21(25)24(22)33-15-16-3-5-18(26)6-4-16)13-29-30-23(31)14-28-20-9-7-19(27)8-10-20/h3-13,28H,2,14-15H2,1H3,(H,30,31)/b29-13-. The number of ether oxygens (including phenoxy) is 2. The summed E-state index contributed by atoms with van der Waals surface area (Å²) in [4.78, 5) is 12.0. The van der Waals surface area contributed by atoms with Crippen molar-refractivity contribution < 1.29 is 14.3 Å². The zero-order chi connectivity index (χ0) is 23.6. The summed E-state index contributed by atoms with van der Waals surface area (Å²) in [7, 11) is 0. The first-order valence-electron chi connectivity index (χ1n) is 10.1. The molecule has 1 amide bonds. The van der Waals surface area contributed by atoms with Crippen molar-refractivity contribution in [3.05, 3.63) is 86.3 Å². The molecule has 0 heterocycles. The highest BCUT2D eigenvalue weighted by Crippen LogP contribution is 2.37. The summed E-state index contributed by atoms with van der Waals surface area (Å²) >= 11 is 15.3. The van der Waals surface area contributed by atoms with Gasteiger partial charge in [0.15, 0.2) is 11.5 Å². The fourth-order valence-electron chi connectivity index (χ4n) is 2.77. The van der Waals surface area contributed by atoms with Crippen LogP contribution in [0, 0.1) is 0 Å². The molecule has 0 unspecified atom stereocenters. The molecule has 6 nitrogen and oxygen atoms in total. The number of rotatable bonds is 10. The number of benzene rings is 3. The van der Waals surface area contributed by atoms with E-state index in [2.05, 4.69) is 31.8 Å². The topological polar surface area (TPSA) is 72.0 Å². The number of hydrazone groups is 1. The highest BCUT2D eigenvalue weighted by molar-refractivity contribution is 9.10. The number of amides is 1. The minimum Gasteiger partial charge on any atom is -0.490 e. The van der Waals surface area contributed by atoms with Crippen molar-refractivity contribution in [2.75, 3.05) is 18.5 Å². The number of hydrogen-bond donors (Lipinski definition) is 2. The number of nitrogens with one attached hydrogen (secondary N) is 2. The van der Waals surface area contributed by atoms with Gasteiger partial charge < -0.3 is 14.8 Å². The van der Waals surface area contributed by atoms with E-state index < -0.39 is 0 Å². The molecule has 2 N–H and O–H groups in total. The molecule has 0 atom stereocenters. The Morgan fingerprint density at radius 1 is 1.03 bits per heavy atom. The summed E-state index contributed by atoms with van der Waals surface area (Å²) in [5, 5.41) is 8.33. The lowest BCUT2D eigenvalue weighted by molar-refractivity contribution is -0.119. The van der Waals surface area contributed by atoms with Crippen molar-refractivity contribution in [1.82, 2.24) is 5.43 Å². The Labute approximate surface area is 211 Å². The van der Waals surface area contributed by atoms with E-state index >= 15 is 0 Å². The minimum atomic E-state index is -0.284. The number of carbonyl (C=O) groups excluding carboxylic acids is 1. The molecule has 0 aliphatic rings. The smallest absolute Gasteiger partial charge is 0.259 e. The van der Waals surface area contributed by atoms with Crippen molar-refractivity contribution >= 4 is 56.9 Å². The van der Waals surface area contributed by atoms with E-state index in [1.54, 1.807) is 30.3 Å². The van der Waals surface area contributed by atoms with Crippen LogP contribution in [0.3, 0.4) is 0 Å². The summed E-state index contributed by atoms with van der Waals surface area (Å²) in [5.74, 6) is 0.867. The third kappa shape index (κ3) is 7.96. The van der Waals surface area contributed by atoms with E-state index in [0.29, 0.717) is 39.2 Å². The van der Waals surface area contributed by atoms with Crippen molar-refractivity contribution in [3.63, 3.8) is 0 Å². The van der Waals surface area contributed by atoms with Gasteiger partial charge in [-0.25, -0.2) is 5.43 Å². The van der Waals surface area contributed by atoms with Gasteiger partial charge in [0.05, 0.1) is 23.8 Å². The quantitative estimate of drug-likeness (QED) is 0.230. The van der Waals surface area contributed by atoms with Crippen LogP contribution in [0.5, 0.6) is 11.5 Å². The highest BCUT2D eigenvalue weighted by Gasteiger charge is 2.12. The molecule has 0 saturated heterocycles. The van der Waals surface area contributed by atoms with Crippen LogP contribution in [-0.2, 0) is 11.4 Å². The third-order valence-corrected chi connectivity index (χ3v) is 5.42. The zero-order valence-corrected chi connectivity index (χ0v) is 20.9. The van der Waals surface area contributed by atoms with Crippen molar-refractivity contribution in [2.45, 2.75) is 13.5 Å². The Bertz CT molecular complexity index is 1110. The molecule has 0 spiro atoms. The van der Waals surface area contributed by atoms with Crippen LogP contribution in [0.25, 0.3) is 0 Å². The average Bonchev–Trinajstić information content (AvgIpc) is 2.79. The molecule has 0 saturated carbocycles. The van der Waals surface area contributed by atoms with Gasteiger partial charge in [0, 0.05) is 15.7 Å². The molecular weight excluding hydrogens is 529 g/mol. The molecular formula is C24H22BrCl2N3O3. The van der Waals surface area contributed by atoms with Crippen LogP contribution in [0.15, 0.2) is 70.2 Å². The van der Waals surface area contributed by atoms with Gasteiger partial charge in [0.2, 0.25) is 0 Å². The maximum atomic E-state index is 12.0. The van der Waals surface area contributed by atoms with E-state index in [1.165, 1.54) is 6.21 Å². The van der Waals surface area contributed by atoms with E-state index in [0.717, 1.165) is 16.8 Å². The molecule has 3 aromatic rings. The van der Waals surface area contributed by atoms with Crippen LogP contribution < -0.4 is 20.2 Å². The summed E-state index contributed by atoms with van der Waals surface area (Å²) in [6, 6.07) is 18.2. The maximum Gasteiger partial charge on any atom is 0.259 e. The second kappa shape index (κ2) is 12.5. The first-order valence-corrected chi connectivity index (χ1v) is 11.6. The SMILES string of the molecule is CCOc1cc(/C=N\NC(=O)CNc2ccc(Cl)cc2)cc(Br)c1OCc1ccc(Cl)cc1. The van der Waals surface area contributed by atoms with E-state index in [4.69, 9.17) is 32.7 Å². The first-order chi connectivity index (χ1) is 15.9. The maximum absolute atomic E-state index is 12.0. The van der Waals surface area contributed by atoms with E-state index in [9.17, 15) is 4.79 Å². The number of carbonyl (C=O) groups is 1. The Balaban J connectivity index is 1.60. The molecule has 0 bridgehead atoms. The normalized spacial score (nSPS) is 10.8. The first kappa shape index (κ1) is 24.9. The monoisotopic (exact) mass is 549 g/mol. The van der Waals surface area contributed by atoms with Crippen LogP contribution in [-0.4, -0.2) is 25.3 Å². The van der Waals surface area contributed by atoms with Gasteiger partial charge >= 0.3 is 0 Å². The number of nitrogens with zero attached hydrogens (tertiary/aromatic N) is 1. The second-order valence-electron chi connectivity index (χ2n) is 6.83. The van der Waals surface area contributed by atoms with Crippen LogP contribution >= 0.6 is 39.1 Å². The minimum absolute atomic E-state index is 0.0737. The largest absolute Gasteiger partial charge is 0.490 e. The number of anilines is 1. The summed E-state index contributed by atoms with van der Waals surface area (Å²) in [6.07, 6.45) is 1.54. The van der Waals surface area contributed by atoms with Gasteiger partial charge in [-0.1, -0.05) is 35.3 Å². The molecule has 9 heteroatoms. The molecule has 0 radical (unpaired) electrons. The van der Waals surface area contributed by atoms with Crippen LogP contribution in [0.2, 0.25) is 10.0 Å². The third-order valence-electron chi connectivity index (χ3n) is 4.33. The fourth-order valence-corrected chi connectivity index (χ4v) is 3.60. The van der Waals surface area contributed by atoms with E-state index in [-0.39, 0.29) is 12.5 Å². The molecule has 3 aromatic carbocycles. The second-order valence-corrected chi connectivity index (χ2v) is 8.56.